The molecule has 2 heterocycles. The summed E-state index contributed by atoms with van der Waals surface area (Å²) in [7, 11) is 0. The first-order chi connectivity index (χ1) is 14.9. The normalized spacial score (nSPS) is 23.9. The zero-order valence-electron chi connectivity index (χ0n) is 16.4. The molecule has 0 bridgehead atoms. The summed E-state index contributed by atoms with van der Waals surface area (Å²) in [6.07, 6.45) is 0.368. The van der Waals surface area contributed by atoms with Crippen LogP contribution in [0, 0.1) is 23.5 Å². The molecule has 2 aromatic carbocycles. The van der Waals surface area contributed by atoms with Gasteiger partial charge in [0.15, 0.2) is 0 Å². The van der Waals surface area contributed by atoms with Crippen molar-refractivity contribution in [3.05, 3.63) is 77.0 Å². The smallest absolute Gasteiger partial charge is 0.309 e. The molecule has 1 aromatic heterocycles. The van der Waals surface area contributed by atoms with Crippen molar-refractivity contribution < 1.29 is 22.8 Å². The summed E-state index contributed by atoms with van der Waals surface area (Å²) in [6, 6.07) is 10.5. The summed E-state index contributed by atoms with van der Waals surface area (Å²) in [6.45, 7) is 1.88. The second-order valence-electron chi connectivity index (χ2n) is 7.92. The van der Waals surface area contributed by atoms with Gasteiger partial charge < -0.3 is 15.1 Å². The van der Waals surface area contributed by atoms with Crippen molar-refractivity contribution in [1.29, 1.82) is 0 Å². The van der Waals surface area contributed by atoms with E-state index in [1.807, 2.05) is 37.3 Å². The van der Waals surface area contributed by atoms with Crippen LogP contribution in [-0.2, 0) is 11.2 Å². The van der Waals surface area contributed by atoms with Crippen LogP contribution in [0.2, 0.25) is 0 Å². The standard InChI is InChI=1S/C22H18F2N4O3/c1-10-16-13-8-12(23)9-14(24)18(13)25-20(29)19(17(10)16)26-21(30)22-28-27-15(31-22)7-11-5-3-2-4-6-11/h2-6,8-10,16-17,19H,7H2,1H3,(H,25,29)(H,26,30)/t10-,16-,17?,19-/m0/s1. The summed E-state index contributed by atoms with van der Waals surface area (Å²) in [5.74, 6) is -3.37. The van der Waals surface area contributed by atoms with Crippen LogP contribution >= 0.6 is 0 Å². The van der Waals surface area contributed by atoms with Gasteiger partial charge in [0.2, 0.25) is 11.8 Å². The average molecular weight is 424 g/mol. The predicted octanol–water partition coefficient (Wildman–Crippen LogP) is 3.04. The van der Waals surface area contributed by atoms with Crippen molar-refractivity contribution >= 4 is 17.5 Å². The van der Waals surface area contributed by atoms with Gasteiger partial charge in [0.05, 0.1) is 12.1 Å². The second kappa shape index (κ2) is 7.26. The second-order valence-corrected chi connectivity index (χ2v) is 7.92. The molecule has 0 saturated heterocycles. The Balaban J connectivity index is 1.34. The first-order valence-electron chi connectivity index (χ1n) is 9.89. The number of anilines is 1. The Morgan fingerprint density at radius 2 is 1.97 bits per heavy atom. The molecule has 5 rings (SSSR count). The fourth-order valence-corrected chi connectivity index (χ4v) is 4.41. The van der Waals surface area contributed by atoms with E-state index < -0.39 is 29.5 Å². The first kappa shape index (κ1) is 19.3. The summed E-state index contributed by atoms with van der Waals surface area (Å²) < 4.78 is 33.5. The zero-order valence-corrected chi connectivity index (χ0v) is 16.4. The number of halogens is 2. The van der Waals surface area contributed by atoms with Gasteiger partial charge in [-0.3, -0.25) is 9.59 Å². The van der Waals surface area contributed by atoms with Crippen molar-refractivity contribution in [3.8, 4) is 0 Å². The Morgan fingerprint density at radius 1 is 1.19 bits per heavy atom. The Bertz CT molecular complexity index is 1180. The summed E-state index contributed by atoms with van der Waals surface area (Å²) in [5.41, 5.74) is 1.32. The van der Waals surface area contributed by atoms with Gasteiger partial charge in [-0.15, -0.1) is 10.2 Å². The van der Waals surface area contributed by atoms with Gasteiger partial charge in [-0.1, -0.05) is 37.3 Å². The molecule has 0 spiro atoms. The lowest BCUT2D eigenvalue weighted by Crippen LogP contribution is -2.45. The highest BCUT2D eigenvalue weighted by Crippen LogP contribution is 2.59. The maximum absolute atomic E-state index is 14.3. The molecule has 2 N–H and O–H groups in total. The summed E-state index contributed by atoms with van der Waals surface area (Å²) in [5, 5.41) is 12.8. The Labute approximate surface area is 175 Å². The van der Waals surface area contributed by atoms with Crippen LogP contribution in [0.1, 0.15) is 40.5 Å². The van der Waals surface area contributed by atoms with E-state index >= 15 is 0 Å². The Kier molecular flexibility index (Phi) is 4.53. The average Bonchev–Trinajstić information content (AvgIpc) is 3.20. The lowest BCUT2D eigenvalue weighted by molar-refractivity contribution is -0.118. The van der Waals surface area contributed by atoms with Crippen LogP contribution in [0.25, 0.3) is 0 Å². The van der Waals surface area contributed by atoms with Crippen LogP contribution in [0.3, 0.4) is 0 Å². The number of nitrogens with zero attached hydrogens (tertiary/aromatic N) is 2. The molecule has 1 aliphatic carbocycles. The molecule has 7 nitrogen and oxygen atoms in total. The molecule has 158 valence electrons. The van der Waals surface area contributed by atoms with Crippen molar-refractivity contribution in [2.45, 2.75) is 25.3 Å². The minimum Gasteiger partial charge on any atom is -0.417 e. The molecule has 0 radical (unpaired) electrons. The molecule has 1 unspecified atom stereocenters. The molecule has 2 aliphatic rings. The number of carbonyl (C=O) groups is 2. The highest BCUT2D eigenvalue weighted by atomic mass is 19.1. The quantitative estimate of drug-likeness (QED) is 0.671. The van der Waals surface area contributed by atoms with Crippen LogP contribution in [-0.4, -0.2) is 28.1 Å². The topological polar surface area (TPSA) is 97.1 Å². The van der Waals surface area contributed by atoms with Gasteiger partial charge in [-0.25, -0.2) is 8.78 Å². The monoisotopic (exact) mass is 424 g/mol. The molecular formula is C22H18F2N4O3. The lowest BCUT2D eigenvalue weighted by Gasteiger charge is -2.16. The molecule has 9 heteroatoms. The minimum absolute atomic E-state index is 0.0346. The molecule has 1 saturated carbocycles. The largest absolute Gasteiger partial charge is 0.417 e. The number of hydrogen-bond acceptors (Lipinski definition) is 5. The van der Waals surface area contributed by atoms with Crippen molar-refractivity contribution in [2.75, 3.05) is 5.32 Å². The number of aromatic nitrogens is 2. The molecule has 1 aliphatic heterocycles. The van der Waals surface area contributed by atoms with Gasteiger partial charge in [-0.05, 0) is 34.9 Å². The van der Waals surface area contributed by atoms with Gasteiger partial charge in [0.1, 0.15) is 17.7 Å². The van der Waals surface area contributed by atoms with E-state index in [0.29, 0.717) is 12.0 Å². The molecular weight excluding hydrogens is 406 g/mol. The van der Waals surface area contributed by atoms with E-state index in [-0.39, 0.29) is 35.2 Å². The van der Waals surface area contributed by atoms with E-state index in [0.717, 1.165) is 11.6 Å². The highest BCUT2D eigenvalue weighted by molar-refractivity contribution is 6.01. The van der Waals surface area contributed by atoms with E-state index in [4.69, 9.17) is 4.42 Å². The van der Waals surface area contributed by atoms with E-state index in [1.165, 1.54) is 6.07 Å². The van der Waals surface area contributed by atoms with Crippen LogP contribution in [0.4, 0.5) is 14.5 Å². The van der Waals surface area contributed by atoms with Crippen LogP contribution in [0.5, 0.6) is 0 Å². The van der Waals surface area contributed by atoms with Crippen molar-refractivity contribution in [2.24, 2.45) is 11.8 Å². The fourth-order valence-electron chi connectivity index (χ4n) is 4.41. The number of hydrogen-bond donors (Lipinski definition) is 2. The van der Waals surface area contributed by atoms with Gasteiger partial charge >= 0.3 is 11.8 Å². The maximum atomic E-state index is 14.3. The molecule has 3 aromatic rings. The number of benzene rings is 2. The third-order valence-electron chi connectivity index (χ3n) is 5.95. The molecule has 4 atom stereocenters. The van der Waals surface area contributed by atoms with E-state index in [2.05, 4.69) is 20.8 Å². The van der Waals surface area contributed by atoms with Gasteiger partial charge in [-0.2, -0.15) is 0 Å². The predicted molar refractivity (Wildman–Crippen MR) is 105 cm³/mol. The van der Waals surface area contributed by atoms with Crippen LogP contribution in [0.15, 0.2) is 46.9 Å². The van der Waals surface area contributed by atoms with Crippen LogP contribution < -0.4 is 10.6 Å². The highest BCUT2D eigenvalue weighted by Gasteiger charge is 2.57. The number of fused-ring (bicyclic) bond motifs is 3. The Morgan fingerprint density at radius 3 is 2.74 bits per heavy atom. The SMILES string of the molecule is C[C@@H]1C2[C@H](NC(=O)c3nnc(Cc4ccccc4)o3)C(=O)Nc3c(F)cc(F)cc3[C@@H]21. The zero-order chi connectivity index (χ0) is 21.7. The minimum atomic E-state index is -0.938. The lowest BCUT2D eigenvalue weighted by atomic mass is 10.0. The molecule has 31 heavy (non-hydrogen) atoms. The van der Waals surface area contributed by atoms with Crippen molar-refractivity contribution in [3.63, 3.8) is 0 Å². The third kappa shape index (κ3) is 3.45. The molecule has 1 fully saturated rings. The van der Waals surface area contributed by atoms with E-state index in [9.17, 15) is 18.4 Å². The number of nitrogens with one attached hydrogen (secondary N) is 2. The van der Waals surface area contributed by atoms with Gasteiger partial charge in [0.25, 0.3) is 0 Å². The maximum Gasteiger partial charge on any atom is 0.309 e. The summed E-state index contributed by atoms with van der Waals surface area (Å²) in [4.78, 5) is 25.4. The number of rotatable bonds is 4. The number of amides is 2. The Hall–Kier alpha value is -3.62. The fraction of sp³-hybridized carbons (Fsp3) is 0.273. The molecule has 2 amide bonds. The van der Waals surface area contributed by atoms with E-state index in [1.54, 1.807) is 0 Å². The third-order valence-corrected chi connectivity index (χ3v) is 5.95. The summed E-state index contributed by atoms with van der Waals surface area (Å²) >= 11 is 0. The van der Waals surface area contributed by atoms with Gasteiger partial charge in [0, 0.05) is 6.07 Å². The van der Waals surface area contributed by atoms with Crippen molar-refractivity contribution in [1.82, 2.24) is 15.5 Å². The first-order valence-corrected chi connectivity index (χ1v) is 9.89. The number of carbonyl (C=O) groups excluding carboxylic acids is 2.